The Balaban J connectivity index is 2.57. The van der Waals surface area contributed by atoms with Crippen molar-refractivity contribution < 1.29 is 22.6 Å². The lowest BCUT2D eigenvalue weighted by atomic mass is 10.1. The molecule has 0 heterocycles. The molecule has 0 spiro atoms. The molecule has 0 aromatic heterocycles. The average molecular weight is 392 g/mol. The Morgan fingerprint density at radius 2 is 1.92 bits per heavy atom. The van der Waals surface area contributed by atoms with Crippen LogP contribution >= 0.6 is 11.8 Å². The van der Waals surface area contributed by atoms with Gasteiger partial charge in [-0.25, -0.2) is 0 Å². The van der Waals surface area contributed by atoms with Crippen LogP contribution in [0.25, 0.3) is 0 Å². The van der Waals surface area contributed by atoms with Gasteiger partial charge in [0.15, 0.2) is 0 Å². The third-order valence-electron chi connectivity index (χ3n) is 3.27. The molecule has 25 heavy (non-hydrogen) atoms. The fraction of sp³-hybridized carbons (Fsp3) is 0.588. The van der Waals surface area contributed by atoms with Crippen LogP contribution in [0.3, 0.4) is 0 Å². The van der Waals surface area contributed by atoms with Gasteiger partial charge in [0, 0.05) is 25.3 Å². The molecule has 0 atom stereocenters. The summed E-state index contributed by atoms with van der Waals surface area (Å²) in [7, 11) is -1.16. The van der Waals surface area contributed by atoms with Gasteiger partial charge in [-0.3, -0.25) is 4.74 Å². The highest BCUT2D eigenvalue weighted by Gasteiger charge is 2.28. The predicted molar refractivity (Wildman–Crippen MR) is 96.3 cm³/mol. The lowest BCUT2D eigenvalue weighted by Crippen LogP contribution is -2.21. The van der Waals surface area contributed by atoms with Crippen LogP contribution in [0.4, 0.5) is 13.2 Å². The van der Waals surface area contributed by atoms with E-state index in [1.807, 2.05) is 6.07 Å². The molecule has 140 valence electrons. The van der Waals surface area contributed by atoms with Crippen LogP contribution in [0.5, 0.6) is 0 Å². The van der Waals surface area contributed by atoms with Gasteiger partial charge in [0.05, 0.1) is 18.8 Å². The molecule has 0 bridgehead atoms. The molecular weight excluding hydrogens is 367 g/mol. The van der Waals surface area contributed by atoms with Gasteiger partial charge >= 0.3 is 6.36 Å². The van der Waals surface area contributed by atoms with Gasteiger partial charge in [-0.2, -0.15) is 5.26 Å². The molecule has 1 aromatic carbocycles. The first kappa shape index (κ1) is 22.0. The van der Waals surface area contributed by atoms with Gasteiger partial charge in [0.25, 0.3) is 0 Å². The maximum absolute atomic E-state index is 12.0. The van der Waals surface area contributed by atoms with E-state index in [9.17, 15) is 18.4 Å². The highest BCUT2D eigenvalue weighted by Crippen LogP contribution is 2.28. The SMILES string of the molecule is C[Si](C)(C)CCOCc1cccc(C#N)c1SCCCOC(F)(F)F. The number of nitrogens with zero attached hydrogens (tertiary/aromatic N) is 1. The number of nitriles is 1. The number of alkyl halides is 3. The van der Waals surface area contributed by atoms with E-state index in [1.54, 1.807) is 12.1 Å². The molecule has 3 nitrogen and oxygen atoms in total. The molecule has 1 rings (SSSR count). The van der Waals surface area contributed by atoms with E-state index < -0.39 is 14.4 Å². The lowest BCUT2D eigenvalue weighted by Gasteiger charge is -2.16. The minimum atomic E-state index is -4.59. The molecule has 0 radical (unpaired) electrons. The molecule has 0 saturated heterocycles. The van der Waals surface area contributed by atoms with Crippen molar-refractivity contribution in [1.82, 2.24) is 0 Å². The third kappa shape index (κ3) is 9.90. The van der Waals surface area contributed by atoms with Gasteiger partial charge in [-0.1, -0.05) is 31.8 Å². The second-order valence-corrected chi connectivity index (χ2v) is 13.5. The molecule has 0 N–H and O–H groups in total. The number of hydrogen-bond donors (Lipinski definition) is 0. The predicted octanol–water partition coefficient (Wildman–Crippen LogP) is 5.43. The van der Waals surface area contributed by atoms with Crippen LogP contribution in [0.2, 0.25) is 25.7 Å². The van der Waals surface area contributed by atoms with E-state index in [2.05, 4.69) is 30.4 Å². The molecule has 0 aliphatic heterocycles. The van der Waals surface area contributed by atoms with E-state index in [0.717, 1.165) is 16.5 Å². The molecule has 0 saturated carbocycles. The first-order chi connectivity index (χ1) is 11.6. The van der Waals surface area contributed by atoms with Gasteiger partial charge in [0.1, 0.15) is 6.07 Å². The summed E-state index contributed by atoms with van der Waals surface area (Å²) >= 11 is 1.37. The van der Waals surface area contributed by atoms with Crippen LogP contribution in [-0.4, -0.2) is 33.4 Å². The Bertz CT molecular complexity index is 583. The minimum absolute atomic E-state index is 0.250. The molecule has 0 fully saturated rings. The molecule has 0 unspecified atom stereocenters. The molecular formula is C17H24F3NO2SSi. The zero-order valence-corrected chi connectivity index (χ0v) is 16.6. The smallest absolute Gasteiger partial charge is 0.377 e. The second kappa shape index (κ2) is 10.2. The zero-order valence-electron chi connectivity index (χ0n) is 14.8. The summed E-state index contributed by atoms with van der Waals surface area (Å²) in [5.41, 5.74) is 1.42. The first-order valence-corrected chi connectivity index (χ1v) is 12.7. The van der Waals surface area contributed by atoms with Gasteiger partial charge in [0.2, 0.25) is 0 Å². The van der Waals surface area contributed by atoms with Crippen LogP contribution < -0.4 is 0 Å². The summed E-state index contributed by atoms with van der Waals surface area (Å²) < 4.78 is 45.4. The number of halogens is 3. The summed E-state index contributed by atoms with van der Waals surface area (Å²) in [6, 6.07) is 8.59. The first-order valence-electron chi connectivity index (χ1n) is 8.05. The normalized spacial score (nSPS) is 12.2. The molecule has 0 aliphatic rings. The number of thioether (sulfide) groups is 1. The second-order valence-electron chi connectivity index (χ2n) is 6.77. The maximum Gasteiger partial charge on any atom is 0.522 e. The maximum atomic E-state index is 12.0. The fourth-order valence-corrected chi connectivity index (χ4v) is 3.74. The topological polar surface area (TPSA) is 42.2 Å². The third-order valence-corrected chi connectivity index (χ3v) is 6.24. The summed E-state index contributed by atoms with van der Waals surface area (Å²) in [5.74, 6) is 0.441. The Morgan fingerprint density at radius 3 is 2.52 bits per heavy atom. The standard InChI is InChI=1S/C17H24F3NO2SSi/c1-25(2,3)11-9-22-13-15-7-4-6-14(12-21)16(15)24-10-5-8-23-17(18,19)20/h4,6-7H,5,8-11,13H2,1-3H3. The number of rotatable bonds is 10. The van der Waals surface area contributed by atoms with Gasteiger partial charge in [-0.15, -0.1) is 24.9 Å². The van der Waals surface area contributed by atoms with Crippen LogP contribution in [0, 0.1) is 11.3 Å². The molecule has 0 amide bonds. The fourth-order valence-electron chi connectivity index (χ4n) is 1.94. The summed E-state index contributed by atoms with van der Waals surface area (Å²) in [6.45, 7) is 7.52. The zero-order chi connectivity index (χ0) is 18.9. The van der Waals surface area contributed by atoms with Crippen molar-refractivity contribution in [1.29, 1.82) is 5.26 Å². The van der Waals surface area contributed by atoms with Gasteiger partial charge < -0.3 is 4.74 Å². The number of benzene rings is 1. The lowest BCUT2D eigenvalue weighted by molar-refractivity contribution is -0.324. The van der Waals surface area contributed by atoms with E-state index in [0.29, 0.717) is 24.5 Å². The highest BCUT2D eigenvalue weighted by atomic mass is 32.2. The number of hydrogen-bond acceptors (Lipinski definition) is 4. The summed E-state index contributed by atoms with van der Waals surface area (Å²) in [6.07, 6.45) is -4.34. The molecule has 0 aliphatic carbocycles. The molecule has 8 heteroatoms. The van der Waals surface area contributed by atoms with Crippen molar-refractivity contribution in [3.05, 3.63) is 29.3 Å². The van der Waals surface area contributed by atoms with E-state index >= 15 is 0 Å². The average Bonchev–Trinajstić information content (AvgIpc) is 2.49. The van der Waals surface area contributed by atoms with Gasteiger partial charge in [-0.05, 0) is 24.1 Å². The number of ether oxygens (including phenoxy) is 2. The van der Waals surface area contributed by atoms with E-state index in [4.69, 9.17) is 4.74 Å². The summed E-state index contributed by atoms with van der Waals surface area (Å²) in [5, 5.41) is 9.26. The Morgan fingerprint density at radius 1 is 1.20 bits per heavy atom. The highest BCUT2D eigenvalue weighted by molar-refractivity contribution is 7.99. The Labute approximate surface area is 152 Å². The minimum Gasteiger partial charge on any atom is -0.377 e. The van der Waals surface area contributed by atoms with E-state index in [-0.39, 0.29) is 13.0 Å². The Hall–Kier alpha value is -1.01. The quantitative estimate of drug-likeness (QED) is 0.303. The van der Waals surface area contributed by atoms with E-state index in [1.165, 1.54) is 11.8 Å². The van der Waals surface area contributed by atoms with Crippen molar-refractivity contribution in [2.45, 2.75) is 50.0 Å². The monoisotopic (exact) mass is 391 g/mol. The largest absolute Gasteiger partial charge is 0.522 e. The van der Waals surface area contributed by atoms with Crippen LogP contribution in [0.15, 0.2) is 23.1 Å². The van der Waals surface area contributed by atoms with Crippen molar-refractivity contribution in [3.8, 4) is 6.07 Å². The Kier molecular flexibility index (Phi) is 9.00. The van der Waals surface area contributed by atoms with Crippen LogP contribution in [-0.2, 0) is 16.1 Å². The van der Waals surface area contributed by atoms with Crippen LogP contribution in [0.1, 0.15) is 17.5 Å². The van der Waals surface area contributed by atoms with Crippen molar-refractivity contribution in [2.24, 2.45) is 0 Å². The van der Waals surface area contributed by atoms with Crippen molar-refractivity contribution >= 4 is 19.8 Å². The van der Waals surface area contributed by atoms with Crippen molar-refractivity contribution in [3.63, 3.8) is 0 Å². The van der Waals surface area contributed by atoms with Crippen molar-refractivity contribution in [2.75, 3.05) is 19.0 Å². The molecule has 1 aromatic rings. The summed E-state index contributed by atoms with van der Waals surface area (Å²) in [4.78, 5) is 0.782.